The molecule has 39 heavy (non-hydrogen) atoms. The van der Waals surface area contributed by atoms with Crippen molar-refractivity contribution in [3.8, 4) is 28.1 Å². The molecule has 3 nitrogen and oxygen atoms in total. The minimum Gasteiger partial charge on any atom is -0.419 e. The van der Waals surface area contributed by atoms with Gasteiger partial charge in [-0.25, -0.2) is 4.79 Å². The van der Waals surface area contributed by atoms with Gasteiger partial charge in [-0.05, 0) is 76.9 Å². The Labute approximate surface area is 222 Å². The van der Waals surface area contributed by atoms with Gasteiger partial charge in [0, 0.05) is 22.5 Å². The Bertz CT molecular complexity index is 1910. The third-order valence-electron chi connectivity index (χ3n) is 6.89. The lowest BCUT2D eigenvalue weighted by Crippen LogP contribution is -2.28. The summed E-state index contributed by atoms with van der Waals surface area (Å²) in [7, 11) is 0. The summed E-state index contributed by atoms with van der Waals surface area (Å²) in [5, 5.41) is 5.35. The molecule has 1 aromatic heterocycles. The molecule has 0 bridgehead atoms. The van der Waals surface area contributed by atoms with Crippen molar-refractivity contribution in [2.75, 3.05) is 0 Å². The molecule has 192 valence electrons. The SMILES string of the molecule is Cc1cc(C)cc(-c2nccc3c2ccc2cc(-c4ccc(OC(=O)C(F)(F)F)c5ccccc45)ccc23)c1. The molecule has 6 aromatic rings. The first-order chi connectivity index (χ1) is 18.7. The first kappa shape index (κ1) is 24.6. The number of hydrogen-bond acceptors (Lipinski definition) is 3. The number of carbonyl (C=O) groups excluding carboxylic acids is 1. The van der Waals surface area contributed by atoms with Gasteiger partial charge < -0.3 is 4.74 Å². The summed E-state index contributed by atoms with van der Waals surface area (Å²) in [6.45, 7) is 4.16. The number of benzene rings is 5. The zero-order chi connectivity index (χ0) is 27.3. The van der Waals surface area contributed by atoms with E-state index < -0.39 is 12.1 Å². The molecule has 5 aromatic carbocycles. The van der Waals surface area contributed by atoms with E-state index in [0.29, 0.717) is 10.8 Å². The minimum absolute atomic E-state index is 0.130. The highest BCUT2D eigenvalue weighted by atomic mass is 19.4. The Kier molecular flexibility index (Phi) is 5.83. The monoisotopic (exact) mass is 521 g/mol. The lowest BCUT2D eigenvalue weighted by molar-refractivity contribution is -0.189. The van der Waals surface area contributed by atoms with Gasteiger partial charge in [0.25, 0.3) is 0 Å². The fourth-order valence-electron chi connectivity index (χ4n) is 5.27. The highest BCUT2D eigenvalue weighted by Gasteiger charge is 2.41. The number of pyridine rings is 1. The van der Waals surface area contributed by atoms with E-state index in [9.17, 15) is 18.0 Å². The second-order valence-electron chi connectivity index (χ2n) is 9.68. The van der Waals surface area contributed by atoms with Crippen molar-refractivity contribution in [2.24, 2.45) is 0 Å². The molecule has 1 heterocycles. The van der Waals surface area contributed by atoms with Crippen LogP contribution in [0, 0.1) is 13.8 Å². The largest absolute Gasteiger partial charge is 0.491 e. The number of fused-ring (bicyclic) bond motifs is 4. The van der Waals surface area contributed by atoms with Crippen LogP contribution >= 0.6 is 0 Å². The molecule has 0 aliphatic heterocycles. The third-order valence-corrected chi connectivity index (χ3v) is 6.89. The Morgan fingerprint density at radius 3 is 2.15 bits per heavy atom. The molecule has 0 amide bonds. The lowest BCUT2D eigenvalue weighted by Gasteiger charge is -2.14. The van der Waals surface area contributed by atoms with Crippen molar-refractivity contribution < 1.29 is 22.7 Å². The summed E-state index contributed by atoms with van der Waals surface area (Å²) in [6, 6.07) is 28.8. The van der Waals surface area contributed by atoms with Gasteiger partial charge in [0.1, 0.15) is 5.75 Å². The van der Waals surface area contributed by atoms with Crippen molar-refractivity contribution in [3.05, 3.63) is 108 Å². The second-order valence-corrected chi connectivity index (χ2v) is 9.68. The smallest absolute Gasteiger partial charge is 0.419 e. The van der Waals surface area contributed by atoms with Crippen LogP contribution in [0.4, 0.5) is 13.2 Å². The highest BCUT2D eigenvalue weighted by Crippen LogP contribution is 2.38. The molecule has 0 unspecified atom stereocenters. The van der Waals surface area contributed by atoms with Crippen molar-refractivity contribution >= 4 is 38.3 Å². The Hall–Kier alpha value is -4.71. The summed E-state index contributed by atoms with van der Waals surface area (Å²) in [5.74, 6) is -2.37. The number of esters is 1. The average molecular weight is 522 g/mol. The van der Waals surface area contributed by atoms with Crippen LogP contribution in [0.3, 0.4) is 0 Å². The van der Waals surface area contributed by atoms with Crippen LogP contribution in [0.2, 0.25) is 0 Å². The van der Waals surface area contributed by atoms with Crippen LogP contribution in [0.25, 0.3) is 54.7 Å². The van der Waals surface area contributed by atoms with E-state index in [1.165, 1.54) is 17.2 Å². The fraction of sp³-hybridized carbons (Fsp3) is 0.0909. The molecule has 0 atom stereocenters. The van der Waals surface area contributed by atoms with Gasteiger partial charge in [-0.1, -0.05) is 71.8 Å². The first-order valence-corrected chi connectivity index (χ1v) is 12.4. The quantitative estimate of drug-likeness (QED) is 0.133. The number of nitrogens with zero attached hydrogens (tertiary/aromatic N) is 1. The van der Waals surface area contributed by atoms with Gasteiger partial charge in [0.15, 0.2) is 0 Å². The number of rotatable bonds is 3. The van der Waals surface area contributed by atoms with Gasteiger partial charge in [-0.3, -0.25) is 4.98 Å². The van der Waals surface area contributed by atoms with Crippen LogP contribution in [0.15, 0.2) is 97.2 Å². The molecule has 0 aliphatic rings. The standard InChI is InChI=1S/C33H22F3NO2/c1-19-15-20(2)17-23(16-19)31-29-10-8-22-18-21(7-9-24(22)27(29)13-14-37-31)25-11-12-30(39-32(38)33(34,35)36)28-6-4-3-5-26(25)28/h3-18H,1-2H3. The third kappa shape index (κ3) is 4.48. The zero-order valence-electron chi connectivity index (χ0n) is 21.1. The maximum atomic E-state index is 12.8. The number of ether oxygens (including phenoxy) is 1. The van der Waals surface area contributed by atoms with Crippen LogP contribution in [0.5, 0.6) is 5.75 Å². The van der Waals surface area contributed by atoms with Crippen molar-refractivity contribution in [1.82, 2.24) is 4.98 Å². The molecule has 6 rings (SSSR count). The Balaban J connectivity index is 1.47. The molecule has 0 radical (unpaired) electrons. The molecular formula is C33H22F3NO2. The average Bonchev–Trinajstić information content (AvgIpc) is 2.91. The van der Waals surface area contributed by atoms with Gasteiger partial charge in [0.05, 0.1) is 5.69 Å². The molecular weight excluding hydrogens is 499 g/mol. The van der Waals surface area contributed by atoms with Crippen molar-refractivity contribution in [2.45, 2.75) is 20.0 Å². The first-order valence-electron chi connectivity index (χ1n) is 12.4. The summed E-state index contributed by atoms with van der Waals surface area (Å²) < 4.78 is 43.1. The second kappa shape index (κ2) is 9.24. The lowest BCUT2D eigenvalue weighted by atomic mass is 9.93. The number of aryl methyl sites for hydroxylation is 2. The summed E-state index contributed by atoms with van der Waals surface area (Å²) in [6.07, 6.45) is -3.24. The van der Waals surface area contributed by atoms with Crippen molar-refractivity contribution in [3.63, 3.8) is 0 Å². The van der Waals surface area contributed by atoms with E-state index in [-0.39, 0.29) is 5.75 Å². The Morgan fingerprint density at radius 1 is 0.692 bits per heavy atom. The van der Waals surface area contributed by atoms with E-state index in [1.807, 2.05) is 24.4 Å². The number of hydrogen-bond donors (Lipinski definition) is 0. The maximum Gasteiger partial charge on any atom is 0.491 e. The summed E-state index contributed by atoms with van der Waals surface area (Å²) >= 11 is 0. The van der Waals surface area contributed by atoms with Gasteiger partial charge in [-0.15, -0.1) is 0 Å². The molecule has 0 N–H and O–H groups in total. The predicted molar refractivity (Wildman–Crippen MR) is 149 cm³/mol. The summed E-state index contributed by atoms with van der Waals surface area (Å²) in [5.41, 5.74) is 6.09. The number of halogens is 3. The van der Waals surface area contributed by atoms with E-state index in [2.05, 4.69) is 56.3 Å². The normalized spacial score (nSPS) is 11.8. The zero-order valence-corrected chi connectivity index (χ0v) is 21.1. The Morgan fingerprint density at radius 2 is 1.41 bits per heavy atom. The summed E-state index contributed by atoms with van der Waals surface area (Å²) in [4.78, 5) is 16.2. The fourth-order valence-corrected chi connectivity index (χ4v) is 5.27. The van der Waals surface area contributed by atoms with E-state index in [4.69, 9.17) is 9.72 Å². The van der Waals surface area contributed by atoms with Crippen LogP contribution in [-0.4, -0.2) is 17.1 Å². The van der Waals surface area contributed by atoms with E-state index in [0.717, 1.165) is 43.9 Å². The van der Waals surface area contributed by atoms with Gasteiger partial charge in [-0.2, -0.15) is 13.2 Å². The van der Waals surface area contributed by atoms with Crippen LogP contribution in [-0.2, 0) is 4.79 Å². The number of aromatic nitrogens is 1. The molecule has 0 aliphatic carbocycles. The van der Waals surface area contributed by atoms with Crippen LogP contribution in [0.1, 0.15) is 11.1 Å². The molecule has 0 spiro atoms. The van der Waals surface area contributed by atoms with E-state index >= 15 is 0 Å². The van der Waals surface area contributed by atoms with Crippen molar-refractivity contribution in [1.29, 1.82) is 0 Å². The molecule has 0 fully saturated rings. The predicted octanol–water partition coefficient (Wildman–Crippen LogP) is 8.96. The molecule has 6 heteroatoms. The molecule has 0 saturated carbocycles. The maximum absolute atomic E-state index is 12.8. The van der Waals surface area contributed by atoms with Gasteiger partial charge in [0.2, 0.25) is 0 Å². The van der Waals surface area contributed by atoms with Gasteiger partial charge >= 0.3 is 12.1 Å². The number of alkyl halides is 3. The highest BCUT2D eigenvalue weighted by molar-refractivity contribution is 6.12. The van der Waals surface area contributed by atoms with Crippen LogP contribution < -0.4 is 4.74 Å². The topological polar surface area (TPSA) is 39.2 Å². The minimum atomic E-state index is -5.07. The molecule has 0 saturated heterocycles. The van der Waals surface area contributed by atoms with E-state index in [1.54, 1.807) is 24.3 Å². The number of carbonyl (C=O) groups is 1.